The largest absolute Gasteiger partial charge is 0.309 e. The lowest BCUT2D eigenvalue weighted by molar-refractivity contribution is 1.09. The quantitative estimate of drug-likeness (QED) is 0.175. The van der Waals surface area contributed by atoms with Crippen molar-refractivity contribution in [3.05, 3.63) is 212 Å². The monoisotopic (exact) mass is 777 g/mol. The van der Waals surface area contributed by atoms with Crippen LogP contribution in [-0.2, 0) is 0 Å². The maximum absolute atomic E-state index is 5.18. The van der Waals surface area contributed by atoms with Gasteiger partial charge in [0.25, 0.3) is 0 Å². The van der Waals surface area contributed by atoms with E-state index in [0.717, 1.165) is 61.6 Å². The Morgan fingerprint density at radius 3 is 1.25 bits per heavy atom. The number of hydrogen-bond acceptors (Lipinski definition) is 2. The third kappa shape index (κ3) is 5.01. The van der Waals surface area contributed by atoms with Gasteiger partial charge in [0.1, 0.15) is 0 Å². The minimum absolute atomic E-state index is 0.720. The van der Waals surface area contributed by atoms with E-state index in [1.165, 1.54) is 54.4 Å². The van der Waals surface area contributed by atoms with Crippen LogP contribution in [0.15, 0.2) is 212 Å². The lowest BCUT2D eigenvalue weighted by atomic mass is 10.0. The molecular weight excluding hydrogens is 743 g/mol. The van der Waals surface area contributed by atoms with E-state index in [1.807, 2.05) is 24.3 Å². The van der Waals surface area contributed by atoms with Crippen LogP contribution in [0.3, 0.4) is 0 Å². The van der Waals surface area contributed by atoms with Crippen molar-refractivity contribution in [3.8, 4) is 39.7 Å². The first-order chi connectivity index (χ1) is 30.3. The van der Waals surface area contributed by atoms with E-state index in [2.05, 4.69) is 202 Å². The number of aromatic nitrogens is 5. The fourth-order valence-electron chi connectivity index (χ4n) is 9.77. The molecule has 61 heavy (non-hydrogen) atoms. The summed E-state index contributed by atoms with van der Waals surface area (Å²) in [6, 6.07) is 76.2. The lowest BCUT2D eigenvalue weighted by Gasteiger charge is -2.18. The van der Waals surface area contributed by atoms with Crippen LogP contribution >= 0.6 is 0 Å². The molecule has 0 radical (unpaired) electrons. The molecule has 13 aromatic rings. The Kier molecular flexibility index (Phi) is 7.24. The van der Waals surface area contributed by atoms with Crippen molar-refractivity contribution in [1.29, 1.82) is 0 Å². The Morgan fingerprint density at radius 1 is 0.279 bits per heavy atom. The highest BCUT2D eigenvalue weighted by Crippen LogP contribution is 2.43. The van der Waals surface area contributed by atoms with Gasteiger partial charge >= 0.3 is 0 Å². The van der Waals surface area contributed by atoms with E-state index < -0.39 is 0 Å². The molecule has 4 aromatic heterocycles. The van der Waals surface area contributed by atoms with Gasteiger partial charge in [-0.15, -0.1) is 0 Å². The van der Waals surface area contributed by atoms with E-state index >= 15 is 0 Å². The first kappa shape index (κ1) is 33.7. The van der Waals surface area contributed by atoms with Crippen LogP contribution in [-0.4, -0.2) is 23.7 Å². The Balaban J connectivity index is 1.10. The van der Waals surface area contributed by atoms with Gasteiger partial charge in [0.05, 0.1) is 55.7 Å². The molecule has 0 saturated carbocycles. The van der Waals surface area contributed by atoms with Crippen LogP contribution in [0.2, 0.25) is 0 Å². The third-order valence-corrected chi connectivity index (χ3v) is 12.4. The molecule has 0 unspecified atom stereocenters. The van der Waals surface area contributed by atoms with Crippen molar-refractivity contribution in [2.24, 2.45) is 0 Å². The maximum atomic E-state index is 5.18. The van der Waals surface area contributed by atoms with Gasteiger partial charge < -0.3 is 13.7 Å². The van der Waals surface area contributed by atoms with Crippen LogP contribution in [0.25, 0.3) is 116 Å². The third-order valence-electron chi connectivity index (χ3n) is 12.4. The SMILES string of the molecule is c1ccc(-c2nc(-c3ccc(-n4c5ccccc5c5cc(-n6c7ccccc7c7ccccc76)c(-n6c7ccccc7c7ccccc76)cc54)cc3)c3ccccc3n2)cc1. The van der Waals surface area contributed by atoms with E-state index in [0.29, 0.717) is 0 Å². The average molecular weight is 778 g/mol. The molecule has 0 aliphatic rings. The minimum Gasteiger partial charge on any atom is -0.309 e. The normalized spacial score (nSPS) is 11.9. The van der Waals surface area contributed by atoms with Gasteiger partial charge in [-0.05, 0) is 60.7 Å². The van der Waals surface area contributed by atoms with E-state index in [1.54, 1.807) is 0 Å². The fraction of sp³-hybridized carbons (Fsp3) is 0. The molecule has 0 aliphatic heterocycles. The Hall–Kier alpha value is -8.28. The first-order valence-electron chi connectivity index (χ1n) is 20.8. The zero-order valence-electron chi connectivity index (χ0n) is 32.9. The van der Waals surface area contributed by atoms with Crippen molar-refractivity contribution < 1.29 is 0 Å². The number of hydrogen-bond donors (Lipinski definition) is 0. The first-order valence-corrected chi connectivity index (χ1v) is 20.8. The Bertz CT molecular complexity index is 3760. The van der Waals surface area contributed by atoms with Crippen LogP contribution < -0.4 is 0 Å². The minimum atomic E-state index is 0.720. The lowest BCUT2D eigenvalue weighted by Crippen LogP contribution is -2.04. The zero-order valence-corrected chi connectivity index (χ0v) is 32.9. The van der Waals surface area contributed by atoms with Crippen LogP contribution in [0, 0.1) is 0 Å². The summed E-state index contributed by atoms with van der Waals surface area (Å²) in [6.45, 7) is 0. The zero-order chi connectivity index (χ0) is 40.0. The molecule has 5 heteroatoms. The smallest absolute Gasteiger partial charge is 0.160 e. The molecule has 0 amide bonds. The van der Waals surface area contributed by atoms with Gasteiger partial charge in [0.2, 0.25) is 0 Å². The molecule has 0 fully saturated rings. The van der Waals surface area contributed by atoms with Crippen molar-refractivity contribution in [2.75, 3.05) is 0 Å². The molecule has 0 atom stereocenters. The van der Waals surface area contributed by atoms with Crippen LogP contribution in [0.5, 0.6) is 0 Å². The summed E-state index contributed by atoms with van der Waals surface area (Å²) in [5.74, 6) is 0.720. The van der Waals surface area contributed by atoms with Gasteiger partial charge in [-0.2, -0.15) is 0 Å². The molecule has 0 bridgehead atoms. The molecule has 0 spiro atoms. The molecule has 0 aliphatic carbocycles. The van der Waals surface area contributed by atoms with E-state index in [-0.39, 0.29) is 0 Å². The summed E-state index contributed by atoms with van der Waals surface area (Å²) >= 11 is 0. The number of para-hydroxylation sites is 6. The van der Waals surface area contributed by atoms with Crippen molar-refractivity contribution in [2.45, 2.75) is 0 Å². The summed E-state index contributed by atoms with van der Waals surface area (Å²) < 4.78 is 7.37. The average Bonchev–Trinajstić information content (AvgIpc) is 3.96. The molecule has 0 N–H and O–H groups in total. The Labute approximate surface area is 350 Å². The van der Waals surface area contributed by atoms with Gasteiger partial charge in [-0.3, -0.25) is 0 Å². The number of fused-ring (bicyclic) bond motifs is 10. The second-order valence-electron chi connectivity index (χ2n) is 15.8. The molecule has 13 rings (SSSR count). The predicted molar refractivity (Wildman–Crippen MR) is 253 cm³/mol. The van der Waals surface area contributed by atoms with Gasteiger partial charge in [-0.25, -0.2) is 9.97 Å². The van der Waals surface area contributed by atoms with Gasteiger partial charge in [0, 0.05) is 54.5 Å². The molecule has 9 aromatic carbocycles. The molecule has 284 valence electrons. The molecule has 5 nitrogen and oxygen atoms in total. The topological polar surface area (TPSA) is 40.6 Å². The van der Waals surface area contributed by atoms with E-state index in [9.17, 15) is 0 Å². The second kappa shape index (κ2) is 13.1. The number of rotatable bonds is 5. The molecular formula is C56H35N5. The summed E-state index contributed by atoms with van der Waals surface area (Å²) in [7, 11) is 0. The summed E-state index contributed by atoms with van der Waals surface area (Å²) in [6.07, 6.45) is 0. The Morgan fingerprint density at radius 2 is 0.705 bits per heavy atom. The van der Waals surface area contributed by atoms with Crippen LogP contribution in [0.4, 0.5) is 0 Å². The summed E-state index contributed by atoms with van der Waals surface area (Å²) in [4.78, 5) is 10.1. The predicted octanol–water partition coefficient (Wildman–Crippen LogP) is 14.3. The summed E-state index contributed by atoms with van der Waals surface area (Å²) in [5.41, 5.74) is 14.2. The summed E-state index contributed by atoms with van der Waals surface area (Å²) in [5, 5.41) is 8.36. The van der Waals surface area contributed by atoms with Crippen molar-refractivity contribution in [1.82, 2.24) is 23.7 Å². The number of benzene rings is 9. The van der Waals surface area contributed by atoms with Gasteiger partial charge in [-0.1, -0.05) is 152 Å². The molecule has 4 heterocycles. The highest BCUT2D eigenvalue weighted by Gasteiger charge is 2.23. The highest BCUT2D eigenvalue weighted by atomic mass is 15.1. The maximum Gasteiger partial charge on any atom is 0.160 e. The number of nitrogens with zero attached hydrogens (tertiary/aromatic N) is 5. The fourth-order valence-corrected chi connectivity index (χ4v) is 9.77. The second-order valence-corrected chi connectivity index (χ2v) is 15.8. The van der Waals surface area contributed by atoms with Gasteiger partial charge in [0.15, 0.2) is 5.82 Å². The van der Waals surface area contributed by atoms with Crippen molar-refractivity contribution >= 4 is 76.3 Å². The highest BCUT2D eigenvalue weighted by molar-refractivity contribution is 6.15. The van der Waals surface area contributed by atoms with Crippen LogP contribution in [0.1, 0.15) is 0 Å². The van der Waals surface area contributed by atoms with Crippen molar-refractivity contribution in [3.63, 3.8) is 0 Å². The van der Waals surface area contributed by atoms with E-state index in [4.69, 9.17) is 9.97 Å². The molecule has 0 saturated heterocycles. The standard InChI is InChI=1S/C56H35N5/c1-2-16-37(17-3-1)56-57-46-24-10-4-23-44(46)55(58-56)36-30-32-38(33-31-36)59-47-25-11-9-22-43(47)45-34-53(60-48-26-12-5-18-39(48)40-19-6-13-27-49(40)60)54(35-52(45)59)61-50-28-14-7-20-41(50)42-21-8-15-29-51(42)61/h1-35H.